The second-order valence-corrected chi connectivity index (χ2v) is 4.68. The Balaban J connectivity index is 2.66. The summed E-state index contributed by atoms with van der Waals surface area (Å²) in [6.07, 6.45) is -0.108. The number of hydrogen-bond donors (Lipinski definition) is 1. The lowest BCUT2D eigenvalue weighted by Crippen LogP contribution is -2.31. The summed E-state index contributed by atoms with van der Waals surface area (Å²) in [5, 5.41) is 17.3. The van der Waals surface area contributed by atoms with E-state index in [-0.39, 0.29) is 6.54 Å². The molecule has 0 unspecified atom stereocenters. The Morgan fingerprint density at radius 1 is 1.67 bits per heavy atom. The van der Waals surface area contributed by atoms with Gasteiger partial charge in [-0.1, -0.05) is 0 Å². The molecule has 1 aliphatic rings. The minimum absolute atomic E-state index is 0.129. The zero-order valence-electron chi connectivity index (χ0n) is 6.47. The summed E-state index contributed by atoms with van der Waals surface area (Å²) in [5.41, 5.74) is 0. The van der Waals surface area contributed by atoms with Gasteiger partial charge in [0.2, 0.25) is 10.0 Å². The molecule has 0 aliphatic carbocycles. The summed E-state index contributed by atoms with van der Waals surface area (Å²) in [5.74, 6) is -0.500. The minimum atomic E-state index is -3.43. The highest BCUT2D eigenvalue weighted by Gasteiger charge is 2.29. The maximum atomic E-state index is 11.2. The number of hydrogen-bond acceptors (Lipinski definition) is 4. The van der Waals surface area contributed by atoms with E-state index in [9.17, 15) is 8.42 Å². The van der Waals surface area contributed by atoms with Crippen LogP contribution in [-0.2, 0) is 10.0 Å². The predicted molar refractivity (Wildman–Crippen MR) is 41.6 cm³/mol. The van der Waals surface area contributed by atoms with Gasteiger partial charge in [-0.15, -0.1) is 0 Å². The summed E-state index contributed by atoms with van der Waals surface area (Å²) in [7, 11) is -3.43. The van der Waals surface area contributed by atoms with Crippen LogP contribution < -0.4 is 0 Å². The van der Waals surface area contributed by atoms with Crippen LogP contribution in [0.4, 0.5) is 0 Å². The van der Waals surface area contributed by atoms with Crippen LogP contribution in [-0.4, -0.2) is 42.8 Å². The van der Waals surface area contributed by atoms with E-state index in [0.717, 1.165) is 4.31 Å². The fourth-order valence-corrected chi connectivity index (χ4v) is 2.26. The second kappa shape index (κ2) is 3.39. The summed E-state index contributed by atoms with van der Waals surface area (Å²) in [6, 6.07) is 1.59. The third-order valence-electron chi connectivity index (χ3n) is 1.77. The molecule has 1 heterocycles. The van der Waals surface area contributed by atoms with Crippen LogP contribution in [0, 0.1) is 11.3 Å². The van der Waals surface area contributed by atoms with Gasteiger partial charge in [0.15, 0.2) is 5.75 Å². The minimum Gasteiger partial charge on any atom is -0.392 e. The average molecular weight is 190 g/mol. The van der Waals surface area contributed by atoms with Crippen molar-refractivity contribution >= 4 is 10.0 Å². The first-order chi connectivity index (χ1) is 5.56. The third kappa shape index (κ3) is 1.94. The van der Waals surface area contributed by atoms with E-state index in [4.69, 9.17) is 10.4 Å². The van der Waals surface area contributed by atoms with Crippen molar-refractivity contribution in [2.75, 3.05) is 18.8 Å². The monoisotopic (exact) mass is 190 g/mol. The average Bonchev–Trinajstić information content (AvgIpc) is 2.36. The fourth-order valence-electron chi connectivity index (χ4n) is 1.14. The van der Waals surface area contributed by atoms with Gasteiger partial charge in [-0.2, -0.15) is 9.57 Å². The number of nitriles is 1. The van der Waals surface area contributed by atoms with Crippen LogP contribution in [0.25, 0.3) is 0 Å². The maximum absolute atomic E-state index is 11.2. The van der Waals surface area contributed by atoms with Crippen LogP contribution in [0.2, 0.25) is 0 Å². The molecule has 1 fully saturated rings. The largest absolute Gasteiger partial charge is 0.392 e. The molecule has 1 aliphatic heterocycles. The summed E-state index contributed by atoms with van der Waals surface area (Å²) >= 11 is 0. The second-order valence-electron chi connectivity index (χ2n) is 2.71. The molecular formula is C6H10N2O3S. The van der Waals surface area contributed by atoms with Crippen molar-refractivity contribution in [1.29, 1.82) is 5.26 Å². The topological polar surface area (TPSA) is 81.4 Å². The molecule has 1 rings (SSSR count). The van der Waals surface area contributed by atoms with Gasteiger partial charge in [0.1, 0.15) is 0 Å². The standard InChI is InChI=1S/C6H10N2O3S/c7-2-4-12(10,11)8-3-1-6(9)5-8/h6,9H,1,3-5H2/t6-/m0/s1. The maximum Gasteiger partial charge on any atom is 0.227 e. The molecule has 5 nitrogen and oxygen atoms in total. The van der Waals surface area contributed by atoms with Crippen molar-refractivity contribution in [2.45, 2.75) is 12.5 Å². The lowest BCUT2D eigenvalue weighted by molar-refractivity contribution is 0.189. The first-order valence-electron chi connectivity index (χ1n) is 3.59. The zero-order chi connectivity index (χ0) is 9.19. The van der Waals surface area contributed by atoms with Gasteiger partial charge in [0.05, 0.1) is 12.2 Å². The molecule has 1 saturated heterocycles. The van der Waals surface area contributed by atoms with Gasteiger partial charge >= 0.3 is 0 Å². The first kappa shape index (κ1) is 9.45. The van der Waals surface area contributed by atoms with E-state index in [2.05, 4.69) is 0 Å². The van der Waals surface area contributed by atoms with E-state index in [1.807, 2.05) is 0 Å². The van der Waals surface area contributed by atoms with E-state index in [1.54, 1.807) is 6.07 Å². The molecule has 0 spiro atoms. The fraction of sp³-hybridized carbons (Fsp3) is 0.833. The number of sulfonamides is 1. The van der Waals surface area contributed by atoms with E-state index in [0.29, 0.717) is 13.0 Å². The predicted octanol–water partition coefficient (Wildman–Crippen LogP) is -1.09. The van der Waals surface area contributed by atoms with E-state index in [1.165, 1.54) is 0 Å². The lowest BCUT2D eigenvalue weighted by Gasteiger charge is -2.12. The molecule has 0 bridgehead atoms. The van der Waals surface area contributed by atoms with Crippen molar-refractivity contribution in [2.24, 2.45) is 0 Å². The van der Waals surface area contributed by atoms with Crippen molar-refractivity contribution < 1.29 is 13.5 Å². The van der Waals surface area contributed by atoms with E-state index < -0.39 is 21.9 Å². The molecular weight excluding hydrogens is 180 g/mol. The van der Waals surface area contributed by atoms with Crippen molar-refractivity contribution in [1.82, 2.24) is 4.31 Å². The number of nitrogens with zero attached hydrogens (tertiary/aromatic N) is 2. The molecule has 12 heavy (non-hydrogen) atoms. The van der Waals surface area contributed by atoms with Gasteiger partial charge in [-0.05, 0) is 6.42 Å². The Hall–Kier alpha value is -0.640. The molecule has 6 heteroatoms. The Kier molecular flexibility index (Phi) is 2.67. The van der Waals surface area contributed by atoms with Gasteiger partial charge in [0, 0.05) is 13.1 Å². The Bertz CT molecular complexity index is 292. The SMILES string of the molecule is N#CCS(=O)(=O)N1CC[C@H](O)C1. The third-order valence-corrected chi connectivity index (χ3v) is 3.38. The highest BCUT2D eigenvalue weighted by Crippen LogP contribution is 2.13. The summed E-state index contributed by atoms with van der Waals surface area (Å²) in [6.45, 7) is 0.454. The van der Waals surface area contributed by atoms with Crippen LogP contribution in [0.15, 0.2) is 0 Å². The Morgan fingerprint density at radius 3 is 2.75 bits per heavy atom. The van der Waals surface area contributed by atoms with E-state index >= 15 is 0 Å². The van der Waals surface area contributed by atoms with Crippen molar-refractivity contribution in [3.05, 3.63) is 0 Å². The highest BCUT2D eigenvalue weighted by molar-refractivity contribution is 7.89. The number of β-amino-alcohol motifs (C(OH)–C–C–N with tert-alkyl or cyclic N) is 1. The van der Waals surface area contributed by atoms with Gasteiger partial charge in [0.25, 0.3) is 0 Å². The smallest absolute Gasteiger partial charge is 0.227 e. The molecule has 0 aromatic carbocycles. The van der Waals surface area contributed by atoms with Crippen LogP contribution >= 0.6 is 0 Å². The van der Waals surface area contributed by atoms with Crippen LogP contribution in [0.3, 0.4) is 0 Å². The summed E-state index contributed by atoms with van der Waals surface area (Å²) < 4.78 is 23.5. The number of aliphatic hydroxyl groups is 1. The molecule has 0 radical (unpaired) electrons. The lowest BCUT2D eigenvalue weighted by atomic mass is 10.3. The molecule has 0 aromatic heterocycles. The molecule has 0 amide bonds. The molecule has 0 saturated carbocycles. The number of aliphatic hydroxyl groups excluding tert-OH is 1. The van der Waals surface area contributed by atoms with Crippen LogP contribution in [0.5, 0.6) is 0 Å². The molecule has 1 atom stereocenters. The van der Waals surface area contributed by atoms with Gasteiger partial charge in [-0.25, -0.2) is 8.42 Å². The highest BCUT2D eigenvalue weighted by atomic mass is 32.2. The number of rotatable bonds is 2. The molecule has 68 valence electrons. The zero-order valence-corrected chi connectivity index (χ0v) is 7.29. The normalized spacial score (nSPS) is 25.5. The first-order valence-corrected chi connectivity index (χ1v) is 5.20. The van der Waals surface area contributed by atoms with Crippen molar-refractivity contribution in [3.8, 4) is 6.07 Å². The van der Waals surface area contributed by atoms with Gasteiger partial charge in [-0.3, -0.25) is 0 Å². The molecule has 0 aromatic rings. The Morgan fingerprint density at radius 2 is 2.33 bits per heavy atom. The Labute approximate surface area is 71.3 Å². The molecule has 1 N–H and O–H groups in total. The summed E-state index contributed by atoms with van der Waals surface area (Å²) in [4.78, 5) is 0. The van der Waals surface area contributed by atoms with Crippen LogP contribution in [0.1, 0.15) is 6.42 Å². The quantitative estimate of drug-likeness (QED) is 0.599. The van der Waals surface area contributed by atoms with Crippen molar-refractivity contribution in [3.63, 3.8) is 0 Å². The van der Waals surface area contributed by atoms with Gasteiger partial charge < -0.3 is 5.11 Å².